The number of carbonyl (C=O) groups is 2. The highest BCUT2D eigenvalue weighted by atomic mass is 16.2. The monoisotopic (exact) mass is 284 g/mol. The van der Waals surface area contributed by atoms with Crippen LogP contribution in [0.15, 0.2) is 24.4 Å². The highest BCUT2D eigenvalue weighted by Gasteiger charge is 2.24. The second-order valence-electron chi connectivity index (χ2n) is 5.68. The average molecular weight is 284 g/mol. The van der Waals surface area contributed by atoms with Gasteiger partial charge in [0.25, 0.3) is 11.7 Å². The van der Waals surface area contributed by atoms with Gasteiger partial charge >= 0.3 is 0 Å². The Hall–Kier alpha value is -2.10. The van der Waals surface area contributed by atoms with Gasteiger partial charge in [0.05, 0.1) is 5.56 Å². The summed E-state index contributed by atoms with van der Waals surface area (Å²) >= 11 is 0. The van der Waals surface area contributed by atoms with Gasteiger partial charge in [-0.15, -0.1) is 0 Å². The number of benzene rings is 1. The van der Waals surface area contributed by atoms with E-state index in [1.165, 1.54) is 0 Å². The summed E-state index contributed by atoms with van der Waals surface area (Å²) in [7, 11) is 0. The molecule has 1 aromatic carbocycles. The van der Waals surface area contributed by atoms with Crippen LogP contribution < -0.4 is 5.32 Å². The normalized spacial score (nSPS) is 15.5. The molecular formula is C17H20N2O2. The number of ketones is 1. The summed E-state index contributed by atoms with van der Waals surface area (Å²) < 4.78 is 0. The lowest BCUT2D eigenvalue weighted by Crippen LogP contribution is -2.37. The van der Waals surface area contributed by atoms with Gasteiger partial charge in [0.1, 0.15) is 0 Å². The van der Waals surface area contributed by atoms with Gasteiger partial charge in [-0.2, -0.15) is 0 Å². The molecule has 0 unspecified atom stereocenters. The number of nitrogens with one attached hydrogen (secondary N) is 2. The molecule has 4 heteroatoms. The number of hydrogen-bond acceptors (Lipinski definition) is 2. The number of amides is 1. The van der Waals surface area contributed by atoms with Gasteiger partial charge in [0.15, 0.2) is 0 Å². The highest BCUT2D eigenvalue weighted by molar-refractivity contribution is 6.45. The van der Waals surface area contributed by atoms with Crippen molar-refractivity contribution in [1.82, 2.24) is 10.3 Å². The molecule has 0 saturated heterocycles. The molecule has 21 heavy (non-hydrogen) atoms. The molecule has 1 heterocycles. The summed E-state index contributed by atoms with van der Waals surface area (Å²) in [6.45, 7) is 2.07. The van der Waals surface area contributed by atoms with Crippen molar-refractivity contribution in [3.63, 3.8) is 0 Å². The van der Waals surface area contributed by atoms with Gasteiger partial charge in [0, 0.05) is 23.1 Å². The van der Waals surface area contributed by atoms with Crippen molar-refractivity contribution in [2.45, 2.75) is 45.1 Å². The van der Waals surface area contributed by atoms with E-state index >= 15 is 0 Å². The second kappa shape index (κ2) is 5.72. The molecule has 110 valence electrons. The summed E-state index contributed by atoms with van der Waals surface area (Å²) in [6.07, 6.45) is 6.76. The second-order valence-corrected chi connectivity index (χ2v) is 5.68. The third kappa shape index (κ3) is 2.58. The SMILES string of the molecule is CCc1cccc2c(C(=O)C(=O)NC3CCCC3)c[nH]c12. The Bertz CT molecular complexity index is 681. The van der Waals surface area contributed by atoms with E-state index in [0.29, 0.717) is 5.56 Å². The van der Waals surface area contributed by atoms with Crippen molar-refractivity contribution in [1.29, 1.82) is 0 Å². The Kier molecular flexibility index (Phi) is 3.78. The van der Waals surface area contributed by atoms with Crippen LogP contribution in [0.2, 0.25) is 0 Å². The minimum absolute atomic E-state index is 0.165. The third-order valence-electron chi connectivity index (χ3n) is 4.32. The molecule has 1 fully saturated rings. The van der Waals surface area contributed by atoms with Crippen LogP contribution in [-0.4, -0.2) is 22.7 Å². The quantitative estimate of drug-likeness (QED) is 0.669. The Balaban J connectivity index is 1.85. The Labute approximate surface area is 123 Å². The number of aromatic nitrogens is 1. The van der Waals surface area contributed by atoms with Crippen LogP contribution in [0.4, 0.5) is 0 Å². The summed E-state index contributed by atoms with van der Waals surface area (Å²) in [4.78, 5) is 27.6. The lowest BCUT2D eigenvalue weighted by atomic mass is 10.0. The lowest BCUT2D eigenvalue weighted by molar-refractivity contribution is -0.117. The molecule has 1 aromatic heterocycles. The first-order valence-electron chi connectivity index (χ1n) is 7.65. The fourth-order valence-corrected chi connectivity index (χ4v) is 3.14. The molecule has 3 rings (SSSR count). The third-order valence-corrected chi connectivity index (χ3v) is 4.32. The molecule has 0 aliphatic heterocycles. The minimum Gasteiger partial charge on any atom is -0.360 e. The summed E-state index contributed by atoms with van der Waals surface area (Å²) in [5.41, 5.74) is 2.58. The molecule has 1 aliphatic carbocycles. The fraction of sp³-hybridized carbons (Fsp3) is 0.412. The van der Waals surface area contributed by atoms with Gasteiger partial charge in [-0.05, 0) is 24.8 Å². The van der Waals surface area contributed by atoms with Crippen molar-refractivity contribution in [3.05, 3.63) is 35.5 Å². The molecule has 0 atom stereocenters. The summed E-state index contributed by atoms with van der Waals surface area (Å²) in [5.74, 6) is -0.925. The number of carbonyl (C=O) groups excluding carboxylic acids is 2. The maximum atomic E-state index is 12.4. The van der Waals surface area contributed by atoms with Gasteiger partial charge < -0.3 is 10.3 Å². The number of Topliss-reactive ketones (excluding diaryl/α,β-unsaturated/α-hetero) is 1. The molecule has 0 spiro atoms. The first kappa shape index (κ1) is 13.9. The van der Waals surface area contributed by atoms with Crippen molar-refractivity contribution >= 4 is 22.6 Å². The molecule has 1 amide bonds. The fourth-order valence-electron chi connectivity index (χ4n) is 3.14. The highest BCUT2D eigenvalue weighted by Crippen LogP contribution is 2.23. The number of H-pyrrole nitrogens is 1. The van der Waals surface area contributed by atoms with E-state index in [0.717, 1.165) is 48.6 Å². The van der Waals surface area contributed by atoms with Crippen LogP contribution in [0, 0.1) is 0 Å². The first-order chi connectivity index (χ1) is 10.2. The molecule has 2 N–H and O–H groups in total. The van der Waals surface area contributed by atoms with Gasteiger partial charge in [-0.1, -0.05) is 38.0 Å². The molecule has 1 aliphatic rings. The maximum absolute atomic E-state index is 12.4. The average Bonchev–Trinajstić information content (AvgIpc) is 3.15. The number of fused-ring (bicyclic) bond motifs is 1. The molecule has 0 bridgehead atoms. The molecular weight excluding hydrogens is 264 g/mol. The van der Waals surface area contributed by atoms with Crippen LogP contribution in [0.5, 0.6) is 0 Å². The smallest absolute Gasteiger partial charge is 0.292 e. The predicted octanol–water partition coefficient (Wildman–Crippen LogP) is 2.97. The predicted molar refractivity (Wildman–Crippen MR) is 82.4 cm³/mol. The molecule has 4 nitrogen and oxygen atoms in total. The van der Waals surface area contributed by atoms with Crippen molar-refractivity contribution in [2.24, 2.45) is 0 Å². The Morgan fingerprint density at radius 1 is 1.29 bits per heavy atom. The largest absolute Gasteiger partial charge is 0.360 e. The van der Waals surface area contributed by atoms with Crippen LogP contribution in [0.1, 0.15) is 48.5 Å². The maximum Gasteiger partial charge on any atom is 0.292 e. The topological polar surface area (TPSA) is 62.0 Å². The van der Waals surface area contributed by atoms with Crippen LogP contribution in [0.3, 0.4) is 0 Å². The van der Waals surface area contributed by atoms with Crippen molar-refractivity contribution in [3.8, 4) is 0 Å². The van der Waals surface area contributed by atoms with E-state index in [1.54, 1.807) is 6.20 Å². The van der Waals surface area contributed by atoms with E-state index in [2.05, 4.69) is 17.2 Å². The first-order valence-corrected chi connectivity index (χ1v) is 7.65. The van der Waals surface area contributed by atoms with Gasteiger partial charge in [-0.3, -0.25) is 9.59 Å². The Morgan fingerprint density at radius 2 is 2.05 bits per heavy atom. The number of para-hydroxylation sites is 1. The van der Waals surface area contributed by atoms with E-state index < -0.39 is 11.7 Å². The molecule has 0 radical (unpaired) electrons. The minimum atomic E-state index is -0.482. The van der Waals surface area contributed by atoms with E-state index in [9.17, 15) is 9.59 Å². The number of aryl methyl sites for hydroxylation is 1. The zero-order valence-electron chi connectivity index (χ0n) is 12.2. The molecule has 1 saturated carbocycles. The molecule has 2 aromatic rings. The zero-order chi connectivity index (χ0) is 14.8. The van der Waals surface area contributed by atoms with E-state index in [-0.39, 0.29) is 6.04 Å². The van der Waals surface area contributed by atoms with Gasteiger partial charge in [0.2, 0.25) is 0 Å². The van der Waals surface area contributed by atoms with Crippen LogP contribution in [0.25, 0.3) is 10.9 Å². The zero-order valence-corrected chi connectivity index (χ0v) is 12.2. The summed E-state index contributed by atoms with van der Waals surface area (Å²) in [6, 6.07) is 6.02. The van der Waals surface area contributed by atoms with Crippen LogP contribution >= 0.6 is 0 Å². The number of hydrogen-bond donors (Lipinski definition) is 2. The number of rotatable bonds is 4. The number of aromatic amines is 1. The Morgan fingerprint density at radius 3 is 2.76 bits per heavy atom. The standard InChI is InChI=1S/C17H20N2O2/c1-2-11-6-5-9-13-14(10-18-15(11)13)16(20)17(21)19-12-7-3-4-8-12/h5-6,9-10,12,18H,2-4,7-8H2,1H3,(H,19,21). The summed E-state index contributed by atoms with van der Waals surface area (Å²) in [5, 5.41) is 3.69. The lowest BCUT2D eigenvalue weighted by Gasteiger charge is -2.10. The van der Waals surface area contributed by atoms with E-state index in [1.807, 2.05) is 18.2 Å². The van der Waals surface area contributed by atoms with Crippen molar-refractivity contribution < 1.29 is 9.59 Å². The van der Waals surface area contributed by atoms with Crippen molar-refractivity contribution in [2.75, 3.05) is 0 Å². The van der Waals surface area contributed by atoms with Gasteiger partial charge in [-0.25, -0.2) is 0 Å². The van der Waals surface area contributed by atoms with Crippen LogP contribution in [-0.2, 0) is 11.2 Å². The van der Waals surface area contributed by atoms with E-state index in [4.69, 9.17) is 0 Å².